The number of nitrogens with one attached hydrogen (secondary N) is 1. The topological polar surface area (TPSA) is 71.2 Å². The molecule has 28 heavy (non-hydrogen) atoms. The molecule has 0 bridgehead atoms. The monoisotopic (exact) mass is 387 g/mol. The Hall–Kier alpha value is -2.19. The van der Waals surface area contributed by atoms with Gasteiger partial charge >= 0.3 is 0 Å². The maximum absolute atomic E-state index is 12.9. The van der Waals surface area contributed by atoms with Crippen molar-refractivity contribution >= 4 is 5.91 Å². The quantitative estimate of drug-likeness (QED) is 0.776. The molecule has 8 heteroatoms. The molecular weight excluding hydrogens is 354 g/mol. The predicted molar refractivity (Wildman–Crippen MR) is 109 cm³/mol. The molecule has 3 heterocycles. The van der Waals surface area contributed by atoms with Crippen molar-refractivity contribution < 1.29 is 4.79 Å². The molecule has 1 atom stereocenters. The number of likely N-dealkylation sites (N-methyl/N-ethyl adjacent to an activating group) is 1. The van der Waals surface area contributed by atoms with Gasteiger partial charge in [0, 0.05) is 68.8 Å². The van der Waals surface area contributed by atoms with E-state index in [1.54, 1.807) is 4.68 Å². The number of carbonyl (C=O) groups excluding carboxylic acids is 1. The largest absolute Gasteiger partial charge is 0.346 e. The maximum Gasteiger partial charge on any atom is 0.272 e. The molecule has 0 spiro atoms. The van der Waals surface area contributed by atoms with Crippen LogP contribution in [0.3, 0.4) is 0 Å². The first-order valence-electron chi connectivity index (χ1n) is 10.0. The van der Waals surface area contributed by atoms with Crippen LogP contribution in [0, 0.1) is 13.8 Å². The summed E-state index contributed by atoms with van der Waals surface area (Å²) in [7, 11) is 6.12. The number of hydrogen-bond donors (Lipinski definition) is 1. The normalized spacial score (nSPS) is 17.6. The molecule has 1 saturated heterocycles. The van der Waals surface area contributed by atoms with Crippen molar-refractivity contribution in [2.24, 2.45) is 7.05 Å². The van der Waals surface area contributed by atoms with Crippen molar-refractivity contribution in [3.05, 3.63) is 34.4 Å². The fourth-order valence-corrected chi connectivity index (χ4v) is 4.01. The van der Waals surface area contributed by atoms with Crippen LogP contribution in [-0.4, -0.2) is 68.5 Å². The number of amides is 1. The fourth-order valence-electron chi connectivity index (χ4n) is 4.01. The minimum Gasteiger partial charge on any atom is -0.346 e. The van der Waals surface area contributed by atoms with E-state index >= 15 is 0 Å². The third-order valence-electron chi connectivity index (χ3n) is 5.75. The number of hydrogen-bond acceptors (Lipinski definition) is 5. The van der Waals surface area contributed by atoms with Gasteiger partial charge in [-0.25, -0.2) is 0 Å². The molecule has 8 nitrogen and oxygen atoms in total. The van der Waals surface area contributed by atoms with Gasteiger partial charge in [-0.05, 0) is 41.3 Å². The first-order chi connectivity index (χ1) is 13.3. The zero-order valence-electron chi connectivity index (χ0n) is 18.0. The average Bonchev–Trinajstić information content (AvgIpc) is 3.32. The van der Waals surface area contributed by atoms with Crippen LogP contribution in [0.4, 0.5) is 0 Å². The highest BCUT2D eigenvalue weighted by atomic mass is 16.1. The summed E-state index contributed by atoms with van der Waals surface area (Å²) >= 11 is 0. The highest BCUT2D eigenvalue weighted by Gasteiger charge is 2.26. The van der Waals surface area contributed by atoms with Gasteiger partial charge in [0.15, 0.2) is 5.69 Å². The lowest BCUT2D eigenvalue weighted by Crippen LogP contribution is -2.31. The molecule has 1 unspecified atom stereocenters. The van der Waals surface area contributed by atoms with Crippen LogP contribution in [0.1, 0.15) is 46.3 Å². The molecule has 2 aromatic heterocycles. The number of carbonyl (C=O) groups is 1. The maximum atomic E-state index is 12.9. The van der Waals surface area contributed by atoms with Crippen LogP contribution in [-0.2, 0) is 26.7 Å². The molecule has 3 rings (SSSR count). The lowest BCUT2D eigenvalue weighted by atomic mass is 10.2. The van der Waals surface area contributed by atoms with Crippen LogP contribution in [0.5, 0.6) is 0 Å². The van der Waals surface area contributed by atoms with E-state index in [1.165, 1.54) is 0 Å². The van der Waals surface area contributed by atoms with Crippen LogP contribution in [0.2, 0.25) is 0 Å². The van der Waals surface area contributed by atoms with Crippen molar-refractivity contribution in [2.75, 3.05) is 27.2 Å². The third-order valence-corrected chi connectivity index (χ3v) is 5.75. The Kier molecular flexibility index (Phi) is 6.20. The van der Waals surface area contributed by atoms with Crippen LogP contribution >= 0.6 is 0 Å². The Bertz CT molecular complexity index is 836. The molecule has 1 aliphatic rings. The SMILES string of the molecule is CCn1nc(C)c(CNC(=O)c2nn(C)cc2CN2CCC(N(C)C)C2)c1C. The zero-order valence-corrected chi connectivity index (χ0v) is 18.0. The highest BCUT2D eigenvalue weighted by Crippen LogP contribution is 2.18. The van der Waals surface area contributed by atoms with Crippen molar-refractivity contribution in [3.8, 4) is 0 Å². The van der Waals surface area contributed by atoms with E-state index in [4.69, 9.17) is 0 Å². The van der Waals surface area contributed by atoms with E-state index in [9.17, 15) is 4.79 Å². The number of likely N-dealkylation sites (tertiary alicyclic amines) is 1. The summed E-state index contributed by atoms with van der Waals surface area (Å²) in [5.41, 5.74) is 4.66. The minimum atomic E-state index is -0.123. The molecular formula is C20H33N7O. The zero-order chi connectivity index (χ0) is 20.4. The van der Waals surface area contributed by atoms with Gasteiger partial charge in [-0.2, -0.15) is 10.2 Å². The van der Waals surface area contributed by atoms with E-state index in [2.05, 4.69) is 46.3 Å². The molecule has 2 aromatic rings. The second-order valence-corrected chi connectivity index (χ2v) is 7.97. The van der Waals surface area contributed by atoms with Crippen molar-refractivity contribution in [2.45, 2.75) is 52.9 Å². The van der Waals surface area contributed by atoms with Gasteiger partial charge in [0.2, 0.25) is 0 Å². The van der Waals surface area contributed by atoms with Gasteiger partial charge in [-0.3, -0.25) is 19.1 Å². The molecule has 0 aromatic carbocycles. The van der Waals surface area contributed by atoms with Gasteiger partial charge in [0.05, 0.1) is 5.69 Å². The van der Waals surface area contributed by atoms with Crippen LogP contribution < -0.4 is 5.32 Å². The van der Waals surface area contributed by atoms with Crippen LogP contribution in [0.25, 0.3) is 0 Å². The summed E-state index contributed by atoms with van der Waals surface area (Å²) < 4.78 is 3.70. The average molecular weight is 388 g/mol. The summed E-state index contributed by atoms with van der Waals surface area (Å²) in [6, 6.07) is 0.579. The van der Waals surface area contributed by atoms with E-state index in [1.807, 2.05) is 31.8 Å². The molecule has 1 N–H and O–H groups in total. The van der Waals surface area contributed by atoms with Gasteiger partial charge in [-0.1, -0.05) is 0 Å². The Morgan fingerprint density at radius 2 is 2.07 bits per heavy atom. The number of aromatic nitrogens is 4. The molecule has 0 radical (unpaired) electrons. The van der Waals surface area contributed by atoms with Crippen molar-refractivity contribution in [1.29, 1.82) is 0 Å². The van der Waals surface area contributed by atoms with Crippen molar-refractivity contribution in [1.82, 2.24) is 34.7 Å². The first kappa shape index (κ1) is 20.5. The molecule has 0 saturated carbocycles. The van der Waals surface area contributed by atoms with Gasteiger partial charge in [0.25, 0.3) is 5.91 Å². The molecule has 1 aliphatic heterocycles. The second-order valence-electron chi connectivity index (χ2n) is 7.97. The Balaban J connectivity index is 1.67. The summed E-state index contributed by atoms with van der Waals surface area (Å²) in [6.45, 7) is 10.2. The number of nitrogens with zero attached hydrogens (tertiary/aromatic N) is 6. The van der Waals surface area contributed by atoms with Crippen molar-refractivity contribution in [3.63, 3.8) is 0 Å². The van der Waals surface area contributed by atoms with Crippen LogP contribution in [0.15, 0.2) is 6.20 Å². The molecule has 1 fully saturated rings. The van der Waals surface area contributed by atoms with Gasteiger partial charge < -0.3 is 10.2 Å². The predicted octanol–water partition coefficient (Wildman–Crippen LogP) is 1.32. The Morgan fingerprint density at radius 3 is 2.68 bits per heavy atom. The van der Waals surface area contributed by atoms with Gasteiger partial charge in [-0.15, -0.1) is 0 Å². The second kappa shape index (κ2) is 8.45. The number of rotatable bonds is 7. The smallest absolute Gasteiger partial charge is 0.272 e. The molecule has 1 amide bonds. The number of aryl methyl sites for hydroxylation is 3. The lowest BCUT2D eigenvalue weighted by molar-refractivity contribution is 0.0943. The first-order valence-corrected chi connectivity index (χ1v) is 10.0. The minimum absolute atomic E-state index is 0.123. The summed E-state index contributed by atoms with van der Waals surface area (Å²) in [6.07, 6.45) is 3.12. The Labute approximate surface area is 167 Å². The summed E-state index contributed by atoms with van der Waals surface area (Å²) in [5, 5.41) is 12.0. The lowest BCUT2D eigenvalue weighted by Gasteiger charge is -2.20. The van der Waals surface area contributed by atoms with E-state index in [0.29, 0.717) is 18.3 Å². The van der Waals surface area contributed by atoms with E-state index < -0.39 is 0 Å². The van der Waals surface area contributed by atoms with Gasteiger partial charge in [0.1, 0.15) is 0 Å². The third kappa shape index (κ3) is 4.28. The Morgan fingerprint density at radius 1 is 1.32 bits per heavy atom. The van der Waals surface area contributed by atoms with E-state index in [-0.39, 0.29) is 5.91 Å². The summed E-state index contributed by atoms with van der Waals surface area (Å²) in [4.78, 5) is 17.5. The molecule has 0 aliphatic carbocycles. The molecule has 154 valence electrons. The fraction of sp³-hybridized carbons (Fsp3) is 0.650. The standard InChI is InChI=1S/C20H33N7O/c1-7-27-15(3)18(14(2)22-27)10-21-20(28)19-16(11-25(6)23-19)12-26-9-8-17(13-26)24(4)5/h11,17H,7-10,12-13H2,1-6H3,(H,21,28). The highest BCUT2D eigenvalue weighted by molar-refractivity contribution is 5.93. The summed E-state index contributed by atoms with van der Waals surface area (Å²) in [5.74, 6) is -0.123. The van der Waals surface area contributed by atoms with E-state index in [0.717, 1.165) is 55.1 Å².